The molecule has 0 unspecified atom stereocenters. The molecule has 0 fully saturated rings. The molecule has 1 aromatic carbocycles. The van der Waals surface area contributed by atoms with Gasteiger partial charge in [0.2, 0.25) is 0 Å². The second-order valence-corrected chi connectivity index (χ2v) is 3.82. The van der Waals surface area contributed by atoms with Crippen LogP contribution in [0.3, 0.4) is 0 Å². The van der Waals surface area contributed by atoms with Crippen molar-refractivity contribution in [3.05, 3.63) is 63.8 Å². The lowest BCUT2D eigenvalue weighted by Crippen LogP contribution is -2.01. The van der Waals surface area contributed by atoms with E-state index in [1.54, 1.807) is 24.3 Å². The Morgan fingerprint density at radius 3 is 2.84 bits per heavy atom. The highest BCUT2D eigenvalue weighted by atomic mass is 16.6. The number of hydrogen-bond acceptors (Lipinski definition) is 5. The number of rotatable bonds is 4. The van der Waals surface area contributed by atoms with Crippen molar-refractivity contribution in [2.24, 2.45) is 0 Å². The van der Waals surface area contributed by atoms with E-state index in [2.05, 4.69) is 16.4 Å². The Labute approximate surface area is 109 Å². The summed E-state index contributed by atoms with van der Waals surface area (Å²) in [5.74, 6) is 0.549. The van der Waals surface area contributed by atoms with Crippen LogP contribution < -0.4 is 5.32 Å². The number of benzene rings is 1. The molecule has 2 rings (SSSR count). The molecule has 0 amide bonds. The van der Waals surface area contributed by atoms with E-state index < -0.39 is 4.92 Å². The van der Waals surface area contributed by atoms with E-state index in [4.69, 9.17) is 5.26 Å². The first-order valence-corrected chi connectivity index (χ1v) is 5.52. The lowest BCUT2D eigenvalue weighted by atomic mass is 10.1. The number of nitro groups is 1. The second-order valence-electron chi connectivity index (χ2n) is 3.82. The van der Waals surface area contributed by atoms with E-state index >= 15 is 0 Å². The lowest BCUT2D eigenvalue weighted by Gasteiger charge is -2.05. The van der Waals surface area contributed by atoms with Crippen LogP contribution >= 0.6 is 0 Å². The van der Waals surface area contributed by atoms with Gasteiger partial charge in [0.05, 0.1) is 16.6 Å². The zero-order valence-corrected chi connectivity index (χ0v) is 9.91. The quantitative estimate of drug-likeness (QED) is 0.668. The van der Waals surface area contributed by atoms with Gasteiger partial charge in [0.1, 0.15) is 12.0 Å². The highest BCUT2D eigenvalue weighted by Crippen LogP contribution is 2.13. The second kappa shape index (κ2) is 5.60. The number of hydrogen-bond donors (Lipinski definition) is 1. The maximum absolute atomic E-state index is 10.5. The third-order valence-electron chi connectivity index (χ3n) is 2.49. The van der Waals surface area contributed by atoms with E-state index in [0.717, 1.165) is 5.56 Å². The molecule has 1 N–H and O–H groups in total. The summed E-state index contributed by atoms with van der Waals surface area (Å²) in [6.07, 6.45) is 1.20. The first-order valence-electron chi connectivity index (χ1n) is 5.52. The Balaban J connectivity index is 2.02. The van der Waals surface area contributed by atoms with Crippen LogP contribution in [0.5, 0.6) is 0 Å². The minimum atomic E-state index is -0.493. The van der Waals surface area contributed by atoms with Gasteiger partial charge in [-0.3, -0.25) is 10.1 Å². The van der Waals surface area contributed by atoms with E-state index in [1.165, 1.54) is 12.3 Å². The predicted octanol–water partition coefficient (Wildman–Crippen LogP) is 2.47. The lowest BCUT2D eigenvalue weighted by molar-refractivity contribution is -0.385. The highest BCUT2D eigenvalue weighted by molar-refractivity contribution is 5.41. The Kier molecular flexibility index (Phi) is 3.69. The Morgan fingerprint density at radius 2 is 2.21 bits per heavy atom. The average molecular weight is 254 g/mol. The third kappa shape index (κ3) is 3.26. The molecular weight excluding hydrogens is 244 g/mol. The minimum Gasteiger partial charge on any atom is -0.366 e. The zero-order chi connectivity index (χ0) is 13.7. The smallest absolute Gasteiger partial charge is 0.287 e. The molecule has 0 saturated carbocycles. The fourth-order valence-corrected chi connectivity index (χ4v) is 1.54. The molecule has 19 heavy (non-hydrogen) atoms. The summed E-state index contributed by atoms with van der Waals surface area (Å²) in [6, 6.07) is 12.2. The molecule has 0 spiro atoms. The van der Waals surface area contributed by atoms with Crippen LogP contribution in [-0.2, 0) is 6.54 Å². The van der Waals surface area contributed by atoms with Crippen molar-refractivity contribution in [1.82, 2.24) is 4.98 Å². The number of aromatic nitrogens is 1. The van der Waals surface area contributed by atoms with Gasteiger partial charge in [0.15, 0.2) is 0 Å². The van der Waals surface area contributed by atoms with Crippen LogP contribution in [0.2, 0.25) is 0 Å². The molecule has 0 aliphatic carbocycles. The van der Waals surface area contributed by atoms with Crippen molar-refractivity contribution in [1.29, 1.82) is 5.26 Å². The molecule has 6 nitrogen and oxygen atoms in total. The van der Waals surface area contributed by atoms with Crippen LogP contribution in [0.1, 0.15) is 11.1 Å². The Hall–Kier alpha value is -2.94. The molecule has 1 aromatic heterocycles. The van der Waals surface area contributed by atoms with Gasteiger partial charge in [-0.05, 0) is 23.8 Å². The number of anilines is 1. The molecule has 0 saturated heterocycles. The predicted molar refractivity (Wildman–Crippen MR) is 69.4 cm³/mol. The standard InChI is InChI=1S/C13H10N4O2/c14-7-10-2-1-3-11(6-10)8-15-13-5-4-12(9-16-13)17(18)19/h1-6,9H,8H2,(H,15,16). The molecule has 0 aliphatic rings. The molecule has 0 aliphatic heterocycles. The molecule has 0 radical (unpaired) electrons. The summed E-state index contributed by atoms with van der Waals surface area (Å²) in [5.41, 5.74) is 1.49. The summed E-state index contributed by atoms with van der Waals surface area (Å²) in [4.78, 5) is 13.9. The fourth-order valence-electron chi connectivity index (χ4n) is 1.54. The maximum atomic E-state index is 10.5. The average Bonchev–Trinajstić information content (AvgIpc) is 2.46. The van der Waals surface area contributed by atoms with Crippen molar-refractivity contribution in [2.45, 2.75) is 6.54 Å². The first kappa shape index (κ1) is 12.5. The van der Waals surface area contributed by atoms with E-state index in [-0.39, 0.29) is 5.69 Å². The summed E-state index contributed by atoms with van der Waals surface area (Å²) in [7, 11) is 0. The van der Waals surface area contributed by atoms with Crippen LogP contribution in [0.15, 0.2) is 42.6 Å². The van der Waals surface area contributed by atoms with Gasteiger partial charge in [0.25, 0.3) is 5.69 Å². The zero-order valence-electron chi connectivity index (χ0n) is 9.91. The molecule has 94 valence electrons. The number of pyridine rings is 1. The summed E-state index contributed by atoms with van der Waals surface area (Å²) < 4.78 is 0. The molecule has 0 bridgehead atoms. The normalized spacial score (nSPS) is 9.63. The first-order chi connectivity index (χ1) is 9.19. The van der Waals surface area contributed by atoms with Crippen molar-refractivity contribution in [2.75, 3.05) is 5.32 Å². The Morgan fingerprint density at radius 1 is 1.37 bits per heavy atom. The van der Waals surface area contributed by atoms with Crippen LogP contribution in [0, 0.1) is 21.4 Å². The van der Waals surface area contributed by atoms with Gasteiger partial charge in [-0.15, -0.1) is 0 Å². The van der Waals surface area contributed by atoms with Crippen LogP contribution in [-0.4, -0.2) is 9.91 Å². The van der Waals surface area contributed by atoms with Crippen molar-refractivity contribution in [3.63, 3.8) is 0 Å². The highest BCUT2D eigenvalue weighted by Gasteiger charge is 2.04. The number of nitriles is 1. The van der Waals surface area contributed by atoms with E-state index in [1.807, 2.05) is 6.07 Å². The van der Waals surface area contributed by atoms with Crippen LogP contribution in [0.25, 0.3) is 0 Å². The summed E-state index contributed by atoms with van der Waals surface area (Å²) >= 11 is 0. The van der Waals surface area contributed by atoms with Gasteiger partial charge >= 0.3 is 0 Å². The van der Waals surface area contributed by atoms with Gasteiger partial charge in [-0.1, -0.05) is 12.1 Å². The van der Waals surface area contributed by atoms with Gasteiger partial charge in [-0.2, -0.15) is 5.26 Å². The minimum absolute atomic E-state index is 0.0444. The van der Waals surface area contributed by atoms with Crippen molar-refractivity contribution >= 4 is 11.5 Å². The molecule has 2 aromatic rings. The largest absolute Gasteiger partial charge is 0.366 e. The number of nitrogens with zero attached hydrogens (tertiary/aromatic N) is 3. The fraction of sp³-hybridized carbons (Fsp3) is 0.0769. The van der Waals surface area contributed by atoms with E-state index in [0.29, 0.717) is 17.9 Å². The molecular formula is C13H10N4O2. The molecule has 1 heterocycles. The topological polar surface area (TPSA) is 91.8 Å². The number of nitrogens with one attached hydrogen (secondary N) is 1. The van der Waals surface area contributed by atoms with Gasteiger partial charge < -0.3 is 5.32 Å². The maximum Gasteiger partial charge on any atom is 0.287 e. The monoisotopic (exact) mass is 254 g/mol. The van der Waals surface area contributed by atoms with Crippen molar-refractivity contribution < 1.29 is 4.92 Å². The SMILES string of the molecule is N#Cc1cccc(CNc2ccc([N+](=O)[O-])cn2)c1. The van der Waals surface area contributed by atoms with Gasteiger partial charge in [-0.25, -0.2) is 4.98 Å². The van der Waals surface area contributed by atoms with E-state index in [9.17, 15) is 10.1 Å². The van der Waals surface area contributed by atoms with Gasteiger partial charge in [0, 0.05) is 12.6 Å². The van der Waals surface area contributed by atoms with Crippen molar-refractivity contribution in [3.8, 4) is 6.07 Å². The van der Waals surface area contributed by atoms with Crippen LogP contribution in [0.4, 0.5) is 11.5 Å². The molecule has 0 atom stereocenters. The molecule has 6 heteroatoms. The third-order valence-corrected chi connectivity index (χ3v) is 2.49. The Bertz CT molecular complexity index is 632. The summed E-state index contributed by atoms with van der Waals surface area (Å²) in [5, 5.41) is 22.3. The summed E-state index contributed by atoms with van der Waals surface area (Å²) in [6.45, 7) is 0.500.